The van der Waals surface area contributed by atoms with Gasteiger partial charge in [-0.25, -0.2) is 8.78 Å². The first-order valence-electron chi connectivity index (χ1n) is 8.82. The molecule has 0 saturated heterocycles. The molecule has 0 atom stereocenters. The van der Waals surface area contributed by atoms with Crippen LogP contribution in [-0.2, 0) is 6.42 Å². The Kier molecular flexibility index (Phi) is 5.60. The number of aryl methyl sites for hydroxylation is 1. The van der Waals surface area contributed by atoms with Gasteiger partial charge in [0.25, 0.3) is 0 Å². The Morgan fingerprint density at radius 1 is 0.600 bits per heavy atom. The molecule has 0 aliphatic rings. The third-order valence-corrected chi connectivity index (χ3v) is 4.49. The number of hydrogen-bond acceptors (Lipinski definition) is 0. The molecule has 3 aromatic rings. The summed E-state index contributed by atoms with van der Waals surface area (Å²) in [5, 5.41) is 0. The summed E-state index contributed by atoms with van der Waals surface area (Å²) in [7, 11) is 0. The van der Waals surface area contributed by atoms with Crippen LogP contribution in [-0.4, -0.2) is 0 Å². The largest absolute Gasteiger partial charge is 0.204 e. The van der Waals surface area contributed by atoms with Crippen molar-refractivity contribution in [3.8, 4) is 22.3 Å². The Hall–Kier alpha value is -2.48. The highest BCUT2D eigenvalue weighted by atomic mass is 19.2. The molecule has 0 heterocycles. The molecule has 0 spiro atoms. The number of halogens is 2. The second-order valence-corrected chi connectivity index (χ2v) is 6.36. The monoisotopic (exact) mass is 336 g/mol. The lowest BCUT2D eigenvalue weighted by Crippen LogP contribution is -1.87. The number of rotatable bonds is 6. The molecule has 0 unspecified atom stereocenters. The first kappa shape index (κ1) is 17.3. The van der Waals surface area contributed by atoms with Crippen LogP contribution in [0.25, 0.3) is 22.3 Å². The van der Waals surface area contributed by atoms with Gasteiger partial charge in [0.1, 0.15) is 0 Å². The maximum atomic E-state index is 13.4. The fraction of sp³-hybridized carbons (Fsp3) is 0.217. The Bertz CT molecular complexity index is 818. The first-order chi connectivity index (χ1) is 12.2. The summed E-state index contributed by atoms with van der Waals surface area (Å²) in [6.07, 6.45) is 4.87. The van der Waals surface area contributed by atoms with Gasteiger partial charge < -0.3 is 0 Å². The summed E-state index contributed by atoms with van der Waals surface area (Å²) in [4.78, 5) is 0. The van der Waals surface area contributed by atoms with Gasteiger partial charge in [0.2, 0.25) is 0 Å². The van der Waals surface area contributed by atoms with E-state index in [0.29, 0.717) is 5.56 Å². The van der Waals surface area contributed by atoms with Crippen LogP contribution >= 0.6 is 0 Å². The van der Waals surface area contributed by atoms with E-state index in [4.69, 9.17) is 0 Å². The van der Waals surface area contributed by atoms with E-state index in [-0.39, 0.29) is 0 Å². The third-order valence-electron chi connectivity index (χ3n) is 4.49. The predicted molar refractivity (Wildman–Crippen MR) is 100 cm³/mol. The van der Waals surface area contributed by atoms with Gasteiger partial charge in [0, 0.05) is 0 Å². The fourth-order valence-electron chi connectivity index (χ4n) is 2.97. The smallest absolute Gasteiger partial charge is 0.159 e. The zero-order chi connectivity index (χ0) is 17.6. The zero-order valence-corrected chi connectivity index (χ0v) is 14.4. The summed E-state index contributed by atoms with van der Waals surface area (Å²) in [5.74, 6) is -1.64. The molecule has 0 saturated carbocycles. The van der Waals surface area contributed by atoms with Crippen molar-refractivity contribution < 1.29 is 8.78 Å². The highest BCUT2D eigenvalue weighted by Gasteiger charge is 2.05. The molecular weight excluding hydrogens is 314 g/mol. The number of unbranched alkanes of at least 4 members (excludes halogenated alkanes) is 2. The molecule has 3 rings (SSSR count). The number of benzene rings is 3. The minimum Gasteiger partial charge on any atom is -0.204 e. The van der Waals surface area contributed by atoms with Gasteiger partial charge >= 0.3 is 0 Å². The van der Waals surface area contributed by atoms with E-state index in [1.165, 1.54) is 30.9 Å². The molecule has 0 aliphatic heterocycles. The molecule has 3 aromatic carbocycles. The predicted octanol–water partition coefficient (Wildman–Crippen LogP) is 7.03. The normalized spacial score (nSPS) is 10.8. The SMILES string of the molecule is CCCCCc1ccc(-c2ccc(-c3ccc(F)c(F)c3)cc2)cc1. The fourth-order valence-corrected chi connectivity index (χ4v) is 2.97. The van der Waals surface area contributed by atoms with Crippen LogP contribution < -0.4 is 0 Å². The van der Waals surface area contributed by atoms with Gasteiger partial charge in [-0.15, -0.1) is 0 Å². The van der Waals surface area contributed by atoms with Gasteiger partial charge in [-0.1, -0.05) is 74.4 Å². The van der Waals surface area contributed by atoms with Crippen LogP contribution in [0.3, 0.4) is 0 Å². The van der Waals surface area contributed by atoms with Gasteiger partial charge in [0.05, 0.1) is 0 Å². The van der Waals surface area contributed by atoms with Gasteiger partial charge in [-0.2, -0.15) is 0 Å². The topological polar surface area (TPSA) is 0 Å². The molecule has 0 N–H and O–H groups in total. The van der Waals surface area contributed by atoms with E-state index in [1.54, 1.807) is 6.07 Å². The molecule has 128 valence electrons. The minimum absolute atomic E-state index is 0.678. The van der Waals surface area contributed by atoms with Crippen molar-refractivity contribution >= 4 is 0 Å². The van der Waals surface area contributed by atoms with E-state index in [1.807, 2.05) is 24.3 Å². The molecule has 0 amide bonds. The van der Waals surface area contributed by atoms with Crippen molar-refractivity contribution in [1.82, 2.24) is 0 Å². The van der Waals surface area contributed by atoms with Crippen molar-refractivity contribution in [1.29, 1.82) is 0 Å². The first-order valence-corrected chi connectivity index (χ1v) is 8.82. The van der Waals surface area contributed by atoms with Crippen molar-refractivity contribution in [2.45, 2.75) is 32.6 Å². The van der Waals surface area contributed by atoms with E-state index >= 15 is 0 Å². The highest BCUT2D eigenvalue weighted by molar-refractivity contribution is 5.70. The molecule has 0 aliphatic carbocycles. The maximum Gasteiger partial charge on any atom is 0.159 e. The second kappa shape index (κ2) is 8.06. The average molecular weight is 336 g/mol. The Labute approximate surface area is 148 Å². The van der Waals surface area contributed by atoms with Crippen LogP contribution in [0, 0.1) is 11.6 Å². The van der Waals surface area contributed by atoms with Crippen molar-refractivity contribution in [3.05, 3.63) is 83.9 Å². The summed E-state index contributed by atoms with van der Waals surface area (Å²) in [6, 6.07) is 20.6. The molecule has 2 heteroatoms. The summed E-state index contributed by atoms with van der Waals surface area (Å²) >= 11 is 0. The maximum absolute atomic E-state index is 13.4. The van der Waals surface area contributed by atoms with Crippen LogP contribution in [0.15, 0.2) is 66.7 Å². The van der Waals surface area contributed by atoms with E-state index in [9.17, 15) is 8.78 Å². The molecule has 0 aromatic heterocycles. The van der Waals surface area contributed by atoms with Gasteiger partial charge in [0.15, 0.2) is 11.6 Å². The second-order valence-electron chi connectivity index (χ2n) is 6.36. The van der Waals surface area contributed by atoms with E-state index in [0.717, 1.165) is 29.2 Å². The molecule has 25 heavy (non-hydrogen) atoms. The lowest BCUT2D eigenvalue weighted by molar-refractivity contribution is 0.509. The lowest BCUT2D eigenvalue weighted by Gasteiger charge is -2.07. The molecular formula is C23H22F2. The highest BCUT2D eigenvalue weighted by Crippen LogP contribution is 2.26. The van der Waals surface area contributed by atoms with Crippen LogP contribution in [0.4, 0.5) is 8.78 Å². The minimum atomic E-state index is -0.820. The molecule has 0 fully saturated rings. The quantitative estimate of drug-likeness (QED) is 0.424. The average Bonchev–Trinajstić information content (AvgIpc) is 2.65. The summed E-state index contributed by atoms with van der Waals surface area (Å²) in [6.45, 7) is 2.22. The summed E-state index contributed by atoms with van der Waals surface area (Å²) in [5.41, 5.74) is 5.20. The van der Waals surface area contributed by atoms with E-state index < -0.39 is 11.6 Å². The van der Waals surface area contributed by atoms with Crippen molar-refractivity contribution in [2.75, 3.05) is 0 Å². The molecule has 0 radical (unpaired) electrons. The van der Waals surface area contributed by atoms with Crippen molar-refractivity contribution in [3.63, 3.8) is 0 Å². The Morgan fingerprint density at radius 3 is 1.68 bits per heavy atom. The Morgan fingerprint density at radius 2 is 1.12 bits per heavy atom. The summed E-state index contributed by atoms with van der Waals surface area (Å²) < 4.78 is 26.4. The van der Waals surface area contributed by atoms with E-state index in [2.05, 4.69) is 31.2 Å². The molecule has 0 bridgehead atoms. The van der Waals surface area contributed by atoms with Crippen LogP contribution in [0.2, 0.25) is 0 Å². The zero-order valence-electron chi connectivity index (χ0n) is 14.4. The van der Waals surface area contributed by atoms with Gasteiger partial charge in [-0.3, -0.25) is 0 Å². The third kappa shape index (κ3) is 4.33. The van der Waals surface area contributed by atoms with Crippen molar-refractivity contribution in [2.24, 2.45) is 0 Å². The van der Waals surface area contributed by atoms with Crippen LogP contribution in [0.1, 0.15) is 31.7 Å². The standard InChI is InChI=1S/C23H22F2/c1-2-3-4-5-17-6-8-18(9-7-17)19-10-12-20(13-11-19)21-14-15-22(24)23(25)16-21/h6-16H,2-5H2,1H3. The van der Waals surface area contributed by atoms with Crippen LogP contribution in [0.5, 0.6) is 0 Å². The Balaban J connectivity index is 1.74. The lowest BCUT2D eigenvalue weighted by atomic mass is 9.98. The van der Waals surface area contributed by atoms with Gasteiger partial charge in [-0.05, 0) is 52.8 Å². The number of hydrogen-bond donors (Lipinski definition) is 0. The molecule has 0 nitrogen and oxygen atoms in total.